The first kappa shape index (κ1) is 15.8. The molecule has 1 fully saturated rings. The van der Waals surface area contributed by atoms with Gasteiger partial charge in [-0.05, 0) is 56.2 Å². The fraction of sp³-hybridized carbons (Fsp3) is 0.647. The molecule has 2 rings (SSSR count). The zero-order valence-electron chi connectivity index (χ0n) is 12.6. The van der Waals surface area contributed by atoms with Crippen molar-refractivity contribution in [2.75, 3.05) is 6.61 Å². The predicted octanol–water partition coefficient (Wildman–Crippen LogP) is 4.91. The molecule has 0 saturated heterocycles. The molecule has 0 atom stereocenters. The number of benzene rings is 1. The van der Waals surface area contributed by atoms with Gasteiger partial charge in [0.15, 0.2) is 0 Å². The second kappa shape index (κ2) is 8.04. The van der Waals surface area contributed by atoms with E-state index in [2.05, 4.69) is 53.3 Å². The summed E-state index contributed by atoms with van der Waals surface area (Å²) in [5.74, 6) is 1.93. The van der Waals surface area contributed by atoms with Crippen LogP contribution in [0.5, 0.6) is 5.75 Å². The lowest BCUT2D eigenvalue weighted by Gasteiger charge is -2.27. The Morgan fingerprint density at radius 1 is 1.25 bits per heavy atom. The molecule has 0 aliphatic heterocycles. The third kappa shape index (κ3) is 4.78. The van der Waals surface area contributed by atoms with Crippen molar-refractivity contribution in [3.63, 3.8) is 0 Å². The molecule has 0 aromatic heterocycles. The van der Waals surface area contributed by atoms with Crippen molar-refractivity contribution in [1.82, 2.24) is 5.32 Å². The highest BCUT2D eigenvalue weighted by molar-refractivity contribution is 9.10. The molecule has 1 N–H and O–H groups in total. The van der Waals surface area contributed by atoms with Gasteiger partial charge in [-0.15, -0.1) is 0 Å². The first-order valence-corrected chi connectivity index (χ1v) is 8.63. The van der Waals surface area contributed by atoms with Gasteiger partial charge in [-0.2, -0.15) is 0 Å². The normalized spacial score (nSPS) is 22.8. The van der Waals surface area contributed by atoms with E-state index < -0.39 is 0 Å². The molecule has 3 heteroatoms. The molecule has 0 bridgehead atoms. The monoisotopic (exact) mass is 339 g/mol. The van der Waals surface area contributed by atoms with E-state index in [1.807, 2.05) is 0 Å². The Labute approximate surface area is 131 Å². The van der Waals surface area contributed by atoms with Gasteiger partial charge in [-0.1, -0.05) is 29.8 Å². The highest BCUT2D eigenvalue weighted by Gasteiger charge is 2.18. The Balaban J connectivity index is 1.92. The van der Waals surface area contributed by atoms with Gasteiger partial charge in [0.2, 0.25) is 0 Å². The van der Waals surface area contributed by atoms with Crippen molar-refractivity contribution in [1.29, 1.82) is 0 Å². The molecule has 1 aliphatic rings. The van der Waals surface area contributed by atoms with Crippen LogP contribution in [0.25, 0.3) is 0 Å². The zero-order chi connectivity index (χ0) is 14.4. The molecule has 20 heavy (non-hydrogen) atoms. The summed E-state index contributed by atoms with van der Waals surface area (Å²) in [4.78, 5) is 0. The number of nitrogens with one attached hydrogen (secondary N) is 1. The maximum atomic E-state index is 5.84. The minimum atomic E-state index is 0.671. The molecule has 1 saturated carbocycles. The quantitative estimate of drug-likeness (QED) is 0.795. The van der Waals surface area contributed by atoms with E-state index in [0.717, 1.165) is 35.7 Å². The highest BCUT2D eigenvalue weighted by Crippen LogP contribution is 2.26. The van der Waals surface area contributed by atoms with E-state index in [9.17, 15) is 0 Å². The van der Waals surface area contributed by atoms with E-state index in [-0.39, 0.29) is 0 Å². The topological polar surface area (TPSA) is 21.3 Å². The van der Waals surface area contributed by atoms with Gasteiger partial charge in [0.25, 0.3) is 0 Å². The molecule has 0 radical (unpaired) electrons. The van der Waals surface area contributed by atoms with E-state index >= 15 is 0 Å². The lowest BCUT2D eigenvalue weighted by molar-refractivity contribution is 0.297. The van der Waals surface area contributed by atoms with Crippen LogP contribution >= 0.6 is 15.9 Å². The number of halogens is 1. The van der Waals surface area contributed by atoms with Crippen molar-refractivity contribution in [2.45, 2.75) is 58.5 Å². The molecule has 0 amide bonds. The van der Waals surface area contributed by atoms with Crippen LogP contribution in [0.15, 0.2) is 22.7 Å². The summed E-state index contributed by atoms with van der Waals surface area (Å²) >= 11 is 3.56. The fourth-order valence-corrected chi connectivity index (χ4v) is 3.17. The average molecular weight is 340 g/mol. The summed E-state index contributed by atoms with van der Waals surface area (Å²) in [5, 5.41) is 3.70. The van der Waals surface area contributed by atoms with Crippen molar-refractivity contribution >= 4 is 15.9 Å². The fourth-order valence-electron chi connectivity index (χ4n) is 2.76. The summed E-state index contributed by atoms with van der Waals surface area (Å²) < 4.78 is 6.96. The third-order valence-corrected chi connectivity index (χ3v) is 4.57. The lowest BCUT2D eigenvalue weighted by atomic mass is 9.87. The van der Waals surface area contributed by atoms with E-state index in [4.69, 9.17) is 4.74 Å². The Bertz CT molecular complexity index is 413. The van der Waals surface area contributed by atoms with Gasteiger partial charge in [-0.25, -0.2) is 0 Å². The molecule has 1 aromatic carbocycles. The van der Waals surface area contributed by atoms with Crippen molar-refractivity contribution in [3.05, 3.63) is 28.2 Å². The largest absolute Gasteiger partial charge is 0.493 e. The predicted molar refractivity (Wildman–Crippen MR) is 88.2 cm³/mol. The summed E-state index contributed by atoms with van der Waals surface area (Å²) in [7, 11) is 0. The maximum Gasteiger partial charge on any atom is 0.123 e. The second-order valence-electron chi connectivity index (χ2n) is 5.94. The SMILES string of the molecule is CCCOc1ccc(Br)cc1CNC1CCC(C)CC1. The van der Waals surface area contributed by atoms with E-state index in [0.29, 0.717) is 6.04 Å². The molecular weight excluding hydrogens is 314 g/mol. The minimum Gasteiger partial charge on any atom is -0.493 e. The first-order chi connectivity index (χ1) is 9.69. The van der Waals surface area contributed by atoms with Gasteiger partial charge < -0.3 is 10.1 Å². The minimum absolute atomic E-state index is 0.671. The Morgan fingerprint density at radius 2 is 2.00 bits per heavy atom. The van der Waals surface area contributed by atoms with E-state index in [1.54, 1.807) is 0 Å². The van der Waals surface area contributed by atoms with Crippen LogP contribution in [0.4, 0.5) is 0 Å². The summed E-state index contributed by atoms with van der Waals surface area (Å²) in [5.41, 5.74) is 1.26. The van der Waals surface area contributed by atoms with Crippen molar-refractivity contribution < 1.29 is 4.74 Å². The number of rotatable bonds is 6. The maximum absolute atomic E-state index is 5.84. The van der Waals surface area contributed by atoms with Crippen LogP contribution in [0.1, 0.15) is 51.5 Å². The van der Waals surface area contributed by atoms with Crippen molar-refractivity contribution in [3.8, 4) is 5.75 Å². The van der Waals surface area contributed by atoms with Crippen molar-refractivity contribution in [2.24, 2.45) is 5.92 Å². The van der Waals surface area contributed by atoms with Crippen LogP contribution in [0, 0.1) is 5.92 Å². The van der Waals surface area contributed by atoms with Crippen LogP contribution in [-0.2, 0) is 6.54 Å². The molecule has 112 valence electrons. The standard InChI is InChI=1S/C17H26BrNO/c1-3-10-20-17-9-6-15(18)11-14(17)12-19-16-7-4-13(2)5-8-16/h6,9,11,13,16,19H,3-5,7-8,10,12H2,1-2H3. The molecule has 0 spiro atoms. The third-order valence-electron chi connectivity index (χ3n) is 4.08. The summed E-state index contributed by atoms with van der Waals surface area (Å²) in [6.45, 7) is 6.19. The zero-order valence-corrected chi connectivity index (χ0v) is 14.2. The summed E-state index contributed by atoms with van der Waals surface area (Å²) in [6.07, 6.45) is 6.37. The van der Waals surface area contributed by atoms with Gasteiger partial charge in [0.1, 0.15) is 5.75 Å². The number of hydrogen-bond donors (Lipinski definition) is 1. The molecule has 0 heterocycles. The molecule has 2 nitrogen and oxygen atoms in total. The highest BCUT2D eigenvalue weighted by atomic mass is 79.9. The molecule has 1 aromatic rings. The van der Waals surface area contributed by atoms with Gasteiger partial charge in [0.05, 0.1) is 6.61 Å². The number of hydrogen-bond acceptors (Lipinski definition) is 2. The van der Waals surface area contributed by atoms with Gasteiger partial charge in [-0.3, -0.25) is 0 Å². The van der Waals surface area contributed by atoms with E-state index in [1.165, 1.54) is 31.2 Å². The lowest BCUT2D eigenvalue weighted by Crippen LogP contribution is -2.32. The van der Waals surface area contributed by atoms with Gasteiger partial charge >= 0.3 is 0 Å². The smallest absolute Gasteiger partial charge is 0.123 e. The average Bonchev–Trinajstić information content (AvgIpc) is 2.46. The Morgan fingerprint density at radius 3 is 2.70 bits per heavy atom. The summed E-state index contributed by atoms with van der Waals surface area (Å²) in [6, 6.07) is 6.96. The van der Waals surface area contributed by atoms with Crippen LogP contribution in [-0.4, -0.2) is 12.6 Å². The van der Waals surface area contributed by atoms with Crippen LogP contribution in [0.2, 0.25) is 0 Å². The molecular formula is C17H26BrNO. The van der Waals surface area contributed by atoms with Crippen LogP contribution in [0.3, 0.4) is 0 Å². The Kier molecular flexibility index (Phi) is 6.37. The second-order valence-corrected chi connectivity index (χ2v) is 6.85. The van der Waals surface area contributed by atoms with Crippen LogP contribution < -0.4 is 10.1 Å². The molecule has 1 aliphatic carbocycles. The van der Waals surface area contributed by atoms with Gasteiger partial charge in [0, 0.05) is 22.6 Å². The first-order valence-electron chi connectivity index (χ1n) is 7.83. The number of ether oxygens (including phenoxy) is 1. The molecule has 0 unspecified atom stereocenters. The Hall–Kier alpha value is -0.540.